The van der Waals surface area contributed by atoms with Crippen LogP contribution in [0.4, 0.5) is 18.9 Å². The smallest absolute Gasteiger partial charge is 0.229 e. The fraction of sp³-hybridized carbons (Fsp3) is 0.273. The first-order valence-electron chi connectivity index (χ1n) is 5.19. The Morgan fingerprint density at radius 2 is 1.89 bits per heavy atom. The number of carbonyl (C=O) groups excluding carboxylic acids is 2. The van der Waals surface area contributed by atoms with Crippen molar-refractivity contribution < 1.29 is 22.8 Å². The van der Waals surface area contributed by atoms with Gasteiger partial charge in [-0.05, 0) is 0 Å². The molecule has 0 saturated carbocycles. The molecule has 2 N–H and O–H groups in total. The third-order valence-corrected chi connectivity index (χ3v) is 2.60. The molecule has 1 atom stereocenters. The van der Waals surface area contributed by atoms with Crippen LogP contribution < -0.4 is 10.6 Å². The fourth-order valence-corrected chi connectivity index (χ4v) is 1.68. The van der Waals surface area contributed by atoms with Gasteiger partial charge in [0.25, 0.3) is 0 Å². The molecule has 1 aliphatic rings. The van der Waals surface area contributed by atoms with Crippen molar-refractivity contribution in [1.29, 1.82) is 0 Å². The van der Waals surface area contributed by atoms with E-state index in [0.29, 0.717) is 12.1 Å². The van der Waals surface area contributed by atoms with Gasteiger partial charge in [-0.25, -0.2) is 13.2 Å². The Kier molecular flexibility index (Phi) is 3.22. The third kappa shape index (κ3) is 2.44. The summed E-state index contributed by atoms with van der Waals surface area (Å²) in [6.45, 7) is 0.120. The van der Waals surface area contributed by atoms with E-state index in [-0.39, 0.29) is 18.9 Å². The molecule has 0 spiro atoms. The molecule has 0 aromatic heterocycles. The highest BCUT2D eigenvalue weighted by Gasteiger charge is 2.29. The van der Waals surface area contributed by atoms with Crippen LogP contribution in [0.25, 0.3) is 0 Å². The van der Waals surface area contributed by atoms with Gasteiger partial charge in [0.15, 0.2) is 11.6 Å². The number of benzene rings is 1. The molecule has 2 amide bonds. The molecule has 1 aromatic carbocycles. The minimum atomic E-state index is -1.20. The molecule has 18 heavy (non-hydrogen) atoms. The van der Waals surface area contributed by atoms with Crippen LogP contribution in [0.15, 0.2) is 12.1 Å². The molecule has 1 saturated heterocycles. The minimum Gasteiger partial charge on any atom is -0.355 e. The van der Waals surface area contributed by atoms with Crippen LogP contribution in [0, 0.1) is 23.4 Å². The number of nitrogens with one attached hydrogen (secondary N) is 2. The first kappa shape index (κ1) is 12.4. The number of amides is 2. The molecule has 0 aliphatic carbocycles. The predicted molar refractivity (Wildman–Crippen MR) is 56.1 cm³/mol. The zero-order chi connectivity index (χ0) is 13.3. The number of anilines is 1. The SMILES string of the molecule is O=C1CC(C(=O)Nc2c(F)cc(F)cc2F)CN1. The Balaban J connectivity index is 2.14. The molecule has 0 bridgehead atoms. The molecular weight excluding hydrogens is 249 g/mol. The van der Waals surface area contributed by atoms with Gasteiger partial charge >= 0.3 is 0 Å². The van der Waals surface area contributed by atoms with Crippen LogP contribution in [0.2, 0.25) is 0 Å². The van der Waals surface area contributed by atoms with Gasteiger partial charge in [0, 0.05) is 25.1 Å². The lowest BCUT2D eigenvalue weighted by atomic mass is 10.1. The summed E-state index contributed by atoms with van der Waals surface area (Å²) < 4.78 is 39.2. The van der Waals surface area contributed by atoms with Crippen molar-refractivity contribution in [2.75, 3.05) is 11.9 Å². The quantitative estimate of drug-likeness (QED) is 0.836. The molecule has 96 valence electrons. The molecule has 2 rings (SSSR count). The van der Waals surface area contributed by atoms with Crippen molar-refractivity contribution in [2.45, 2.75) is 6.42 Å². The maximum absolute atomic E-state index is 13.3. The van der Waals surface area contributed by atoms with E-state index in [2.05, 4.69) is 5.32 Å². The van der Waals surface area contributed by atoms with Gasteiger partial charge in [-0.2, -0.15) is 0 Å². The first-order valence-corrected chi connectivity index (χ1v) is 5.19. The Labute approximate surface area is 100 Å². The summed E-state index contributed by atoms with van der Waals surface area (Å²) in [4.78, 5) is 22.5. The number of hydrogen-bond acceptors (Lipinski definition) is 2. The summed E-state index contributed by atoms with van der Waals surface area (Å²) in [5.41, 5.74) is -0.708. The molecule has 1 aliphatic heterocycles. The molecule has 7 heteroatoms. The summed E-state index contributed by atoms with van der Waals surface area (Å²) >= 11 is 0. The van der Waals surface area contributed by atoms with E-state index in [9.17, 15) is 22.8 Å². The summed E-state index contributed by atoms with van der Waals surface area (Å²) in [6, 6.07) is 0.938. The zero-order valence-electron chi connectivity index (χ0n) is 9.10. The van der Waals surface area contributed by atoms with Crippen molar-refractivity contribution in [2.24, 2.45) is 5.92 Å². The van der Waals surface area contributed by atoms with Gasteiger partial charge < -0.3 is 10.6 Å². The predicted octanol–water partition coefficient (Wildman–Crippen LogP) is 1.18. The molecule has 1 heterocycles. The number of halogens is 3. The standard InChI is InChI=1S/C11H9F3N2O2/c12-6-2-7(13)10(8(14)3-6)16-11(18)5-1-9(17)15-4-5/h2-3,5H,1,4H2,(H,15,17)(H,16,18). The first-order chi connectivity index (χ1) is 8.47. The van der Waals surface area contributed by atoms with E-state index in [1.807, 2.05) is 5.32 Å². The summed E-state index contributed by atoms with van der Waals surface area (Å²) in [7, 11) is 0. The molecule has 1 aromatic rings. The average Bonchev–Trinajstić information content (AvgIpc) is 2.70. The zero-order valence-corrected chi connectivity index (χ0v) is 9.10. The van der Waals surface area contributed by atoms with E-state index < -0.39 is 35.0 Å². The van der Waals surface area contributed by atoms with Gasteiger partial charge in [0.2, 0.25) is 11.8 Å². The summed E-state index contributed by atoms with van der Waals surface area (Å²) in [5.74, 6) is -5.12. The highest BCUT2D eigenvalue weighted by atomic mass is 19.1. The Morgan fingerprint density at radius 1 is 1.28 bits per heavy atom. The van der Waals surface area contributed by atoms with Gasteiger partial charge in [0.1, 0.15) is 11.5 Å². The Hall–Kier alpha value is -2.05. The lowest BCUT2D eigenvalue weighted by Gasteiger charge is -2.10. The maximum atomic E-state index is 13.3. The maximum Gasteiger partial charge on any atom is 0.229 e. The van der Waals surface area contributed by atoms with Crippen molar-refractivity contribution >= 4 is 17.5 Å². The summed E-state index contributed by atoms with van der Waals surface area (Å²) in [5, 5.41) is 4.45. The topological polar surface area (TPSA) is 58.2 Å². The van der Waals surface area contributed by atoms with Crippen LogP contribution in [-0.2, 0) is 9.59 Å². The fourth-order valence-electron chi connectivity index (χ4n) is 1.68. The van der Waals surface area contributed by atoms with Crippen LogP contribution in [0.5, 0.6) is 0 Å². The number of carbonyl (C=O) groups is 2. The minimum absolute atomic E-state index is 0.0315. The number of rotatable bonds is 2. The van der Waals surface area contributed by atoms with Gasteiger partial charge in [0.05, 0.1) is 5.92 Å². The second-order valence-corrected chi connectivity index (χ2v) is 3.94. The van der Waals surface area contributed by atoms with E-state index in [0.717, 1.165) is 0 Å². The van der Waals surface area contributed by atoms with Crippen LogP contribution in [0.3, 0.4) is 0 Å². The molecular formula is C11H9F3N2O2. The van der Waals surface area contributed by atoms with Crippen molar-refractivity contribution in [3.63, 3.8) is 0 Å². The van der Waals surface area contributed by atoms with Crippen molar-refractivity contribution in [3.05, 3.63) is 29.6 Å². The molecule has 1 unspecified atom stereocenters. The average molecular weight is 258 g/mol. The van der Waals surface area contributed by atoms with Crippen molar-refractivity contribution in [1.82, 2.24) is 5.32 Å². The normalized spacial score (nSPS) is 18.6. The van der Waals surface area contributed by atoms with Crippen LogP contribution in [0.1, 0.15) is 6.42 Å². The van der Waals surface area contributed by atoms with E-state index >= 15 is 0 Å². The van der Waals surface area contributed by atoms with E-state index in [1.54, 1.807) is 0 Å². The lowest BCUT2D eigenvalue weighted by Crippen LogP contribution is -2.25. The second-order valence-electron chi connectivity index (χ2n) is 3.94. The van der Waals surface area contributed by atoms with Crippen LogP contribution in [-0.4, -0.2) is 18.4 Å². The Bertz CT molecular complexity index is 496. The summed E-state index contributed by atoms with van der Waals surface area (Å²) in [6.07, 6.45) is -0.0315. The number of hydrogen-bond donors (Lipinski definition) is 2. The van der Waals surface area contributed by atoms with Crippen molar-refractivity contribution in [3.8, 4) is 0 Å². The van der Waals surface area contributed by atoms with E-state index in [1.165, 1.54) is 0 Å². The molecule has 0 radical (unpaired) electrons. The third-order valence-electron chi connectivity index (χ3n) is 2.60. The van der Waals surface area contributed by atoms with Gasteiger partial charge in [-0.15, -0.1) is 0 Å². The van der Waals surface area contributed by atoms with E-state index in [4.69, 9.17) is 0 Å². The Morgan fingerprint density at radius 3 is 2.39 bits per heavy atom. The van der Waals surface area contributed by atoms with Gasteiger partial charge in [-0.1, -0.05) is 0 Å². The monoisotopic (exact) mass is 258 g/mol. The van der Waals surface area contributed by atoms with Crippen LogP contribution >= 0.6 is 0 Å². The highest BCUT2D eigenvalue weighted by molar-refractivity contribution is 5.97. The molecule has 4 nitrogen and oxygen atoms in total. The molecule has 1 fully saturated rings. The lowest BCUT2D eigenvalue weighted by molar-refractivity contribution is -0.123. The largest absolute Gasteiger partial charge is 0.355 e. The van der Waals surface area contributed by atoms with Gasteiger partial charge in [-0.3, -0.25) is 9.59 Å². The highest BCUT2D eigenvalue weighted by Crippen LogP contribution is 2.21. The second kappa shape index (κ2) is 4.67.